The summed E-state index contributed by atoms with van der Waals surface area (Å²) in [5, 5.41) is 8.27. The number of hydrogen-bond donors (Lipinski definition) is 1. The minimum absolute atomic E-state index is 0.253. The summed E-state index contributed by atoms with van der Waals surface area (Å²) in [7, 11) is 0. The maximum Gasteiger partial charge on any atom is 0.273 e. The fraction of sp³-hybridized carbons (Fsp3) is 0.115. The highest BCUT2D eigenvalue weighted by atomic mass is 19.1. The predicted molar refractivity (Wildman–Crippen MR) is 126 cm³/mol. The number of amides is 1. The van der Waals surface area contributed by atoms with Crippen molar-refractivity contribution >= 4 is 22.6 Å². The number of fused-ring (bicyclic) bond motifs is 1. The summed E-state index contributed by atoms with van der Waals surface area (Å²) in [4.78, 5) is 17.2. The van der Waals surface area contributed by atoms with Crippen LogP contribution in [0.25, 0.3) is 10.9 Å². The maximum absolute atomic E-state index is 14.3. The topological polar surface area (TPSA) is 64.7 Å². The molecule has 164 valence electrons. The lowest BCUT2D eigenvalue weighted by molar-refractivity contribution is 0.101. The van der Waals surface area contributed by atoms with Crippen LogP contribution in [-0.2, 0) is 19.5 Å². The van der Waals surface area contributed by atoms with Gasteiger partial charge in [-0.3, -0.25) is 14.5 Å². The molecule has 0 spiro atoms. The minimum atomic E-state index is -0.297. The molecule has 0 aliphatic rings. The van der Waals surface area contributed by atoms with Crippen LogP contribution < -0.4 is 5.32 Å². The van der Waals surface area contributed by atoms with Gasteiger partial charge in [-0.2, -0.15) is 5.10 Å². The molecule has 0 bridgehead atoms. The number of hydrogen-bond acceptors (Lipinski definition) is 3. The summed E-state index contributed by atoms with van der Waals surface area (Å²) >= 11 is 0. The molecule has 1 N–H and O–H groups in total. The second-order valence-corrected chi connectivity index (χ2v) is 7.79. The molecular formula is C26H22FN5O. The number of para-hydroxylation sites is 1. The molecule has 0 aliphatic carbocycles. The summed E-state index contributed by atoms with van der Waals surface area (Å²) in [5.41, 5.74) is 3.01. The van der Waals surface area contributed by atoms with Crippen LogP contribution in [0.5, 0.6) is 0 Å². The molecule has 0 fully saturated rings. The van der Waals surface area contributed by atoms with Gasteiger partial charge in [-0.1, -0.05) is 36.4 Å². The molecule has 0 saturated heterocycles. The van der Waals surface area contributed by atoms with E-state index < -0.39 is 0 Å². The molecule has 3 aromatic heterocycles. The fourth-order valence-corrected chi connectivity index (χ4v) is 3.89. The van der Waals surface area contributed by atoms with Crippen LogP contribution >= 0.6 is 0 Å². The van der Waals surface area contributed by atoms with Crippen LogP contribution in [0, 0.1) is 5.82 Å². The van der Waals surface area contributed by atoms with Crippen molar-refractivity contribution in [1.29, 1.82) is 0 Å². The molecular weight excluding hydrogens is 417 g/mol. The molecule has 2 aromatic carbocycles. The van der Waals surface area contributed by atoms with Crippen molar-refractivity contribution in [2.45, 2.75) is 19.5 Å². The Bertz CT molecular complexity index is 1410. The molecule has 7 heteroatoms. The van der Waals surface area contributed by atoms with Gasteiger partial charge in [0.15, 0.2) is 5.82 Å². The third kappa shape index (κ3) is 4.52. The summed E-state index contributed by atoms with van der Waals surface area (Å²) in [6.45, 7) is 0.941. The first-order valence-electron chi connectivity index (χ1n) is 10.7. The molecule has 0 atom stereocenters. The first-order chi connectivity index (χ1) is 16.2. The first-order valence-corrected chi connectivity index (χ1v) is 10.7. The Labute approximate surface area is 190 Å². The van der Waals surface area contributed by atoms with E-state index in [1.165, 1.54) is 11.6 Å². The van der Waals surface area contributed by atoms with E-state index in [0.717, 1.165) is 17.3 Å². The van der Waals surface area contributed by atoms with Crippen molar-refractivity contribution in [2.75, 3.05) is 5.32 Å². The summed E-state index contributed by atoms with van der Waals surface area (Å²) in [5.74, 6) is -0.117. The van der Waals surface area contributed by atoms with Crippen molar-refractivity contribution < 1.29 is 9.18 Å². The number of benzene rings is 2. The molecule has 3 heterocycles. The Hall–Kier alpha value is -4.26. The monoisotopic (exact) mass is 439 g/mol. The van der Waals surface area contributed by atoms with Crippen LogP contribution in [-0.4, -0.2) is 25.2 Å². The van der Waals surface area contributed by atoms with E-state index in [9.17, 15) is 9.18 Å². The van der Waals surface area contributed by atoms with Gasteiger partial charge in [0.1, 0.15) is 11.5 Å². The Morgan fingerprint density at radius 3 is 2.61 bits per heavy atom. The number of halogens is 1. The van der Waals surface area contributed by atoms with Crippen molar-refractivity contribution in [3.8, 4) is 0 Å². The van der Waals surface area contributed by atoms with Crippen LogP contribution in [0.4, 0.5) is 10.2 Å². The van der Waals surface area contributed by atoms with Gasteiger partial charge < -0.3 is 9.88 Å². The molecule has 5 aromatic rings. The molecule has 33 heavy (non-hydrogen) atoms. The second kappa shape index (κ2) is 9.08. The number of pyridine rings is 1. The smallest absolute Gasteiger partial charge is 0.273 e. The number of anilines is 1. The van der Waals surface area contributed by atoms with E-state index >= 15 is 0 Å². The Morgan fingerprint density at radius 2 is 1.76 bits per heavy atom. The number of carbonyl (C=O) groups is 1. The quantitative estimate of drug-likeness (QED) is 0.392. The minimum Gasteiger partial charge on any atom is -0.332 e. The van der Waals surface area contributed by atoms with Crippen LogP contribution in [0.1, 0.15) is 21.6 Å². The van der Waals surface area contributed by atoms with Crippen LogP contribution in [0.3, 0.4) is 0 Å². The Morgan fingerprint density at radius 1 is 0.970 bits per heavy atom. The Balaban J connectivity index is 1.36. The molecule has 1 amide bonds. The zero-order chi connectivity index (χ0) is 22.6. The van der Waals surface area contributed by atoms with E-state index in [0.29, 0.717) is 23.6 Å². The molecule has 0 unspecified atom stereocenters. The van der Waals surface area contributed by atoms with Gasteiger partial charge in [0.2, 0.25) is 0 Å². The van der Waals surface area contributed by atoms with Crippen LogP contribution in [0.15, 0.2) is 91.4 Å². The normalized spacial score (nSPS) is 11.1. The average molecular weight is 439 g/mol. The van der Waals surface area contributed by atoms with E-state index in [2.05, 4.69) is 15.4 Å². The SMILES string of the molecule is O=C(Nc1ccn(CCc2ccncc2)n1)c1cc2ccccc2n1Cc1ccccc1F. The van der Waals surface area contributed by atoms with E-state index in [-0.39, 0.29) is 18.3 Å². The third-order valence-corrected chi connectivity index (χ3v) is 5.59. The fourth-order valence-electron chi connectivity index (χ4n) is 3.89. The lowest BCUT2D eigenvalue weighted by atomic mass is 10.2. The summed E-state index contributed by atoms with van der Waals surface area (Å²) in [6, 6.07) is 21.9. The average Bonchev–Trinajstić information content (AvgIpc) is 3.44. The van der Waals surface area contributed by atoms with E-state index in [4.69, 9.17) is 0 Å². The van der Waals surface area contributed by atoms with Crippen molar-refractivity contribution in [3.05, 3.63) is 114 Å². The lowest BCUT2D eigenvalue weighted by Gasteiger charge is -2.11. The van der Waals surface area contributed by atoms with Gasteiger partial charge in [0.25, 0.3) is 5.91 Å². The zero-order valence-corrected chi connectivity index (χ0v) is 17.9. The highest BCUT2D eigenvalue weighted by molar-refractivity contribution is 6.06. The largest absolute Gasteiger partial charge is 0.332 e. The molecule has 0 saturated carbocycles. The standard InChI is InChI=1S/C26H22FN5O/c27-22-7-3-1-6-21(22)18-32-23-8-4-2-5-20(23)17-24(32)26(33)29-25-12-16-31(30-25)15-11-19-9-13-28-14-10-19/h1-10,12-14,16-17H,11,15,18H2,(H,29,30,33). The number of rotatable bonds is 7. The number of aryl methyl sites for hydroxylation is 2. The molecule has 5 rings (SSSR count). The third-order valence-electron chi connectivity index (χ3n) is 5.59. The molecule has 6 nitrogen and oxygen atoms in total. The highest BCUT2D eigenvalue weighted by Crippen LogP contribution is 2.23. The van der Waals surface area contributed by atoms with Gasteiger partial charge >= 0.3 is 0 Å². The van der Waals surface area contributed by atoms with Gasteiger partial charge in [-0.15, -0.1) is 0 Å². The Kier molecular flexibility index (Phi) is 5.68. The summed E-state index contributed by atoms with van der Waals surface area (Å²) < 4.78 is 18.0. The van der Waals surface area contributed by atoms with E-state index in [1.807, 2.05) is 53.2 Å². The van der Waals surface area contributed by atoms with Crippen molar-refractivity contribution in [2.24, 2.45) is 0 Å². The first kappa shape index (κ1) is 20.6. The number of nitrogens with zero attached hydrogens (tertiary/aromatic N) is 4. The van der Waals surface area contributed by atoms with Crippen molar-refractivity contribution in [3.63, 3.8) is 0 Å². The molecule has 0 aliphatic heterocycles. The van der Waals surface area contributed by atoms with Gasteiger partial charge in [0, 0.05) is 47.7 Å². The number of carbonyl (C=O) groups excluding carboxylic acids is 1. The lowest BCUT2D eigenvalue weighted by Crippen LogP contribution is -2.18. The van der Waals surface area contributed by atoms with E-state index in [1.54, 1.807) is 41.3 Å². The molecule has 0 radical (unpaired) electrons. The summed E-state index contributed by atoms with van der Waals surface area (Å²) in [6.07, 6.45) is 6.19. The maximum atomic E-state index is 14.3. The van der Waals surface area contributed by atoms with Crippen LogP contribution in [0.2, 0.25) is 0 Å². The highest BCUT2D eigenvalue weighted by Gasteiger charge is 2.18. The number of nitrogens with one attached hydrogen (secondary N) is 1. The van der Waals surface area contributed by atoms with Gasteiger partial charge in [-0.05, 0) is 42.3 Å². The van der Waals surface area contributed by atoms with Crippen molar-refractivity contribution in [1.82, 2.24) is 19.3 Å². The second-order valence-electron chi connectivity index (χ2n) is 7.79. The predicted octanol–water partition coefficient (Wildman–Crippen LogP) is 4.92. The van der Waals surface area contributed by atoms with Gasteiger partial charge in [-0.25, -0.2) is 4.39 Å². The zero-order valence-electron chi connectivity index (χ0n) is 17.9. The number of aromatic nitrogens is 4. The van der Waals surface area contributed by atoms with Gasteiger partial charge in [0.05, 0.1) is 6.54 Å².